The summed E-state index contributed by atoms with van der Waals surface area (Å²) >= 11 is 0. The van der Waals surface area contributed by atoms with Gasteiger partial charge in [-0.3, -0.25) is 4.98 Å². The van der Waals surface area contributed by atoms with E-state index in [0.717, 1.165) is 22.4 Å². The van der Waals surface area contributed by atoms with Crippen molar-refractivity contribution in [2.45, 2.75) is 0 Å². The van der Waals surface area contributed by atoms with Crippen molar-refractivity contribution in [1.82, 2.24) is 19.9 Å². The number of H-pyrrole nitrogens is 2. The number of imidazole rings is 1. The molecule has 3 heterocycles. The van der Waals surface area contributed by atoms with Gasteiger partial charge in [0.05, 0.1) is 23.7 Å². The number of rotatable bonds is 1. The lowest BCUT2D eigenvalue weighted by Crippen LogP contribution is -1.84. The number of pyridine rings is 1. The number of benzene rings is 1. The molecule has 0 unspecified atom stereocenters. The van der Waals surface area contributed by atoms with Gasteiger partial charge >= 0.3 is 0 Å². The van der Waals surface area contributed by atoms with Gasteiger partial charge in [0.15, 0.2) is 0 Å². The summed E-state index contributed by atoms with van der Waals surface area (Å²) in [4.78, 5) is 15.0. The number of para-hydroxylation sites is 1. The molecule has 0 saturated carbocycles. The van der Waals surface area contributed by atoms with Crippen molar-refractivity contribution in [3.8, 4) is 11.4 Å². The minimum absolute atomic E-state index is 0.904. The van der Waals surface area contributed by atoms with Crippen LogP contribution in [-0.2, 0) is 0 Å². The summed E-state index contributed by atoms with van der Waals surface area (Å²) in [6.45, 7) is 0. The van der Waals surface area contributed by atoms with E-state index in [0.29, 0.717) is 0 Å². The summed E-state index contributed by atoms with van der Waals surface area (Å²) in [6.07, 6.45) is 5.28. The van der Waals surface area contributed by atoms with Gasteiger partial charge in [0, 0.05) is 22.5 Å². The van der Waals surface area contributed by atoms with Crippen molar-refractivity contribution in [2.75, 3.05) is 0 Å². The molecule has 3 aromatic heterocycles. The fourth-order valence-corrected chi connectivity index (χ4v) is 2.36. The molecule has 0 atom stereocenters. The smallest absolute Gasteiger partial charge is 0.112 e. The van der Waals surface area contributed by atoms with E-state index in [-0.39, 0.29) is 0 Å². The van der Waals surface area contributed by atoms with Crippen LogP contribution in [-0.4, -0.2) is 19.9 Å². The van der Waals surface area contributed by atoms with Gasteiger partial charge < -0.3 is 9.97 Å². The van der Waals surface area contributed by atoms with Gasteiger partial charge in [0.25, 0.3) is 0 Å². The first kappa shape index (κ1) is 9.41. The Hall–Kier alpha value is -2.62. The average molecular weight is 234 g/mol. The third-order valence-electron chi connectivity index (χ3n) is 3.18. The van der Waals surface area contributed by atoms with Crippen LogP contribution >= 0.6 is 0 Å². The molecule has 2 N–H and O–H groups in total. The van der Waals surface area contributed by atoms with Crippen molar-refractivity contribution < 1.29 is 0 Å². The lowest BCUT2D eigenvalue weighted by atomic mass is 10.1. The lowest BCUT2D eigenvalue weighted by Gasteiger charge is -1.98. The van der Waals surface area contributed by atoms with Gasteiger partial charge in [-0.1, -0.05) is 18.2 Å². The first-order chi connectivity index (χ1) is 8.93. The summed E-state index contributed by atoms with van der Waals surface area (Å²) in [6, 6.07) is 10.3. The predicted molar refractivity (Wildman–Crippen MR) is 71.2 cm³/mol. The molecule has 4 nitrogen and oxygen atoms in total. The highest BCUT2D eigenvalue weighted by Crippen LogP contribution is 2.30. The van der Waals surface area contributed by atoms with Crippen LogP contribution in [0.1, 0.15) is 0 Å². The third-order valence-corrected chi connectivity index (χ3v) is 3.18. The maximum atomic E-state index is 4.44. The summed E-state index contributed by atoms with van der Waals surface area (Å²) in [5.74, 6) is 0. The molecule has 0 aliphatic heterocycles. The molecular weight excluding hydrogens is 224 g/mol. The summed E-state index contributed by atoms with van der Waals surface area (Å²) in [5, 5.41) is 2.40. The van der Waals surface area contributed by atoms with Crippen molar-refractivity contribution in [3.05, 3.63) is 49.1 Å². The fraction of sp³-hybridized carbons (Fsp3) is 0. The van der Waals surface area contributed by atoms with Crippen molar-refractivity contribution >= 4 is 21.8 Å². The molecule has 4 heteroatoms. The van der Waals surface area contributed by atoms with Crippen LogP contribution in [0.2, 0.25) is 0 Å². The fourth-order valence-electron chi connectivity index (χ4n) is 2.36. The third kappa shape index (κ3) is 1.20. The molecule has 0 radical (unpaired) electrons. The highest BCUT2D eigenvalue weighted by atomic mass is 14.9. The molecule has 0 bridgehead atoms. The van der Waals surface area contributed by atoms with E-state index in [1.807, 2.05) is 24.4 Å². The highest BCUT2D eigenvalue weighted by Gasteiger charge is 2.10. The maximum Gasteiger partial charge on any atom is 0.112 e. The summed E-state index contributed by atoms with van der Waals surface area (Å²) in [7, 11) is 0. The summed E-state index contributed by atoms with van der Waals surface area (Å²) in [5.41, 5.74) is 4.00. The Morgan fingerprint density at radius 3 is 2.83 bits per heavy atom. The number of aromatic amines is 2. The average Bonchev–Trinajstić information content (AvgIpc) is 3.05. The molecule has 18 heavy (non-hydrogen) atoms. The number of aromatic nitrogens is 4. The molecule has 86 valence electrons. The number of hydrogen-bond donors (Lipinski definition) is 2. The molecule has 4 rings (SSSR count). The SMILES string of the molecule is c1ccc2c(c1)[nH]c1c(-c3cnc[nH]3)nccc12. The first-order valence-electron chi connectivity index (χ1n) is 5.77. The number of nitrogens with one attached hydrogen (secondary N) is 2. The van der Waals surface area contributed by atoms with E-state index in [9.17, 15) is 0 Å². The minimum Gasteiger partial charge on any atom is -0.353 e. The highest BCUT2D eigenvalue weighted by molar-refractivity contribution is 6.10. The molecular formula is C14H10N4. The predicted octanol–water partition coefficient (Wildman–Crippen LogP) is 3.11. The van der Waals surface area contributed by atoms with Crippen LogP contribution in [0.3, 0.4) is 0 Å². The van der Waals surface area contributed by atoms with Crippen LogP contribution in [0, 0.1) is 0 Å². The van der Waals surface area contributed by atoms with Crippen LogP contribution < -0.4 is 0 Å². The number of fused-ring (bicyclic) bond motifs is 3. The van der Waals surface area contributed by atoms with Crippen LogP contribution in [0.25, 0.3) is 33.2 Å². The van der Waals surface area contributed by atoms with Gasteiger partial charge in [-0.25, -0.2) is 4.98 Å². The Morgan fingerprint density at radius 2 is 1.94 bits per heavy atom. The summed E-state index contributed by atoms with van der Waals surface area (Å²) < 4.78 is 0. The van der Waals surface area contributed by atoms with Gasteiger partial charge in [0.1, 0.15) is 5.69 Å². The van der Waals surface area contributed by atoms with Crippen LogP contribution in [0.4, 0.5) is 0 Å². The first-order valence-corrected chi connectivity index (χ1v) is 5.77. The van der Waals surface area contributed by atoms with E-state index in [2.05, 4.69) is 32.1 Å². The zero-order chi connectivity index (χ0) is 11.9. The number of nitrogens with zero attached hydrogens (tertiary/aromatic N) is 2. The molecule has 4 aromatic rings. The second kappa shape index (κ2) is 3.43. The standard InChI is InChI=1S/C14H10N4/c1-2-4-11-9(3-1)10-5-6-16-14(13(10)18-11)12-7-15-8-17-12/h1-8,18H,(H,15,17). The van der Waals surface area contributed by atoms with Crippen molar-refractivity contribution in [3.63, 3.8) is 0 Å². The molecule has 0 aliphatic carbocycles. The van der Waals surface area contributed by atoms with Gasteiger partial charge in [0.2, 0.25) is 0 Å². The van der Waals surface area contributed by atoms with Crippen molar-refractivity contribution in [1.29, 1.82) is 0 Å². The molecule has 0 amide bonds. The van der Waals surface area contributed by atoms with Crippen LogP contribution in [0.5, 0.6) is 0 Å². The quantitative estimate of drug-likeness (QED) is 0.531. The van der Waals surface area contributed by atoms with E-state index in [1.165, 1.54) is 10.8 Å². The Labute approximate surface area is 103 Å². The lowest BCUT2D eigenvalue weighted by molar-refractivity contribution is 1.28. The van der Waals surface area contributed by atoms with Gasteiger partial charge in [-0.15, -0.1) is 0 Å². The van der Waals surface area contributed by atoms with E-state index in [1.54, 1.807) is 12.5 Å². The van der Waals surface area contributed by atoms with E-state index in [4.69, 9.17) is 0 Å². The minimum atomic E-state index is 0.904. The van der Waals surface area contributed by atoms with Gasteiger partial charge in [-0.05, 0) is 12.1 Å². The van der Waals surface area contributed by atoms with E-state index >= 15 is 0 Å². The Kier molecular flexibility index (Phi) is 1.80. The molecule has 0 spiro atoms. The molecule has 0 saturated heterocycles. The number of hydrogen-bond acceptors (Lipinski definition) is 2. The Bertz CT molecular complexity index is 827. The van der Waals surface area contributed by atoms with Gasteiger partial charge in [-0.2, -0.15) is 0 Å². The Balaban J connectivity index is 2.17. The van der Waals surface area contributed by atoms with Crippen LogP contribution in [0.15, 0.2) is 49.1 Å². The monoisotopic (exact) mass is 234 g/mol. The second-order valence-electron chi connectivity index (χ2n) is 4.22. The zero-order valence-electron chi connectivity index (χ0n) is 9.51. The molecule has 0 aliphatic rings. The Morgan fingerprint density at radius 1 is 1.00 bits per heavy atom. The van der Waals surface area contributed by atoms with E-state index < -0.39 is 0 Å². The topological polar surface area (TPSA) is 57.4 Å². The second-order valence-corrected chi connectivity index (χ2v) is 4.22. The normalized spacial score (nSPS) is 11.3. The zero-order valence-corrected chi connectivity index (χ0v) is 9.51. The molecule has 0 fully saturated rings. The largest absolute Gasteiger partial charge is 0.353 e. The molecule has 1 aromatic carbocycles. The maximum absolute atomic E-state index is 4.44. The van der Waals surface area contributed by atoms with Crippen molar-refractivity contribution in [2.24, 2.45) is 0 Å².